The van der Waals surface area contributed by atoms with Crippen LogP contribution in [0, 0.1) is 0 Å². The Hall–Kier alpha value is -0.320. The third-order valence-electron chi connectivity index (χ3n) is 3.35. The van der Waals surface area contributed by atoms with E-state index in [9.17, 15) is 4.79 Å². The summed E-state index contributed by atoms with van der Waals surface area (Å²) in [6, 6.07) is 0. The second kappa shape index (κ2) is 11.5. The van der Waals surface area contributed by atoms with Crippen molar-refractivity contribution in [3.63, 3.8) is 0 Å². The highest BCUT2D eigenvalue weighted by Gasteiger charge is 2.23. The molecule has 114 valence electrons. The predicted molar refractivity (Wildman–Crippen MR) is 80.8 cm³/mol. The van der Waals surface area contributed by atoms with Gasteiger partial charge in [0.15, 0.2) is 0 Å². The fraction of sp³-hybridized carbons (Fsp3) is 0.929. The first kappa shape index (κ1) is 18.7. The van der Waals surface area contributed by atoms with Crippen LogP contribution in [0.25, 0.3) is 0 Å². The minimum atomic E-state index is -0.265. The summed E-state index contributed by atoms with van der Waals surface area (Å²) < 4.78 is 5.87. The van der Waals surface area contributed by atoms with Crippen LogP contribution in [-0.4, -0.2) is 37.7 Å². The van der Waals surface area contributed by atoms with Gasteiger partial charge in [0.25, 0.3) is 0 Å². The molecule has 5 heteroatoms. The highest BCUT2D eigenvalue weighted by atomic mass is 35.5. The molecule has 0 saturated heterocycles. The fourth-order valence-electron chi connectivity index (χ4n) is 2.29. The number of halogens is 1. The zero-order chi connectivity index (χ0) is 13.2. The van der Waals surface area contributed by atoms with E-state index in [0.29, 0.717) is 12.6 Å². The standard InChI is InChI=1S/C14H28N2O2.ClH/c1-3-9-15-10-11-16-14(17)13(4-2)18-12-7-5-6-8-12;/h12-13,15H,3-11H2,1-2H3,(H,16,17);1H. The lowest BCUT2D eigenvalue weighted by atomic mass is 10.2. The molecule has 0 aromatic carbocycles. The second-order valence-corrected chi connectivity index (χ2v) is 4.98. The average Bonchev–Trinajstić information content (AvgIpc) is 2.88. The van der Waals surface area contributed by atoms with E-state index in [1.807, 2.05) is 6.92 Å². The fourth-order valence-corrected chi connectivity index (χ4v) is 2.29. The van der Waals surface area contributed by atoms with Crippen molar-refractivity contribution in [1.29, 1.82) is 0 Å². The van der Waals surface area contributed by atoms with Crippen LogP contribution >= 0.6 is 12.4 Å². The minimum Gasteiger partial charge on any atom is -0.365 e. The van der Waals surface area contributed by atoms with Gasteiger partial charge in [-0.15, -0.1) is 12.4 Å². The number of nitrogens with one attached hydrogen (secondary N) is 2. The number of hydrogen-bond acceptors (Lipinski definition) is 3. The maximum absolute atomic E-state index is 11.9. The molecular weight excluding hydrogens is 264 g/mol. The van der Waals surface area contributed by atoms with Crippen LogP contribution in [0.1, 0.15) is 52.4 Å². The quantitative estimate of drug-likeness (QED) is 0.641. The molecule has 0 spiro atoms. The molecule has 0 aliphatic heterocycles. The minimum absolute atomic E-state index is 0. The van der Waals surface area contributed by atoms with Gasteiger partial charge < -0.3 is 15.4 Å². The molecule has 2 N–H and O–H groups in total. The molecule has 1 amide bonds. The average molecular weight is 293 g/mol. The molecule has 1 fully saturated rings. The lowest BCUT2D eigenvalue weighted by molar-refractivity contribution is -0.136. The van der Waals surface area contributed by atoms with Crippen LogP contribution in [-0.2, 0) is 9.53 Å². The highest BCUT2D eigenvalue weighted by Crippen LogP contribution is 2.22. The Balaban J connectivity index is 0.00000324. The zero-order valence-corrected chi connectivity index (χ0v) is 13.1. The Morgan fingerprint density at radius 1 is 1.21 bits per heavy atom. The Morgan fingerprint density at radius 2 is 1.89 bits per heavy atom. The van der Waals surface area contributed by atoms with Crippen LogP contribution in [0.15, 0.2) is 0 Å². The van der Waals surface area contributed by atoms with Crippen LogP contribution in [0.3, 0.4) is 0 Å². The number of hydrogen-bond donors (Lipinski definition) is 2. The summed E-state index contributed by atoms with van der Waals surface area (Å²) in [7, 11) is 0. The van der Waals surface area contributed by atoms with Crippen molar-refractivity contribution in [3.8, 4) is 0 Å². The number of carbonyl (C=O) groups is 1. The van der Waals surface area contributed by atoms with Crippen molar-refractivity contribution < 1.29 is 9.53 Å². The lowest BCUT2D eigenvalue weighted by Crippen LogP contribution is -2.40. The van der Waals surface area contributed by atoms with Crippen molar-refractivity contribution in [3.05, 3.63) is 0 Å². The molecule has 4 nitrogen and oxygen atoms in total. The lowest BCUT2D eigenvalue weighted by Gasteiger charge is -2.20. The van der Waals surface area contributed by atoms with Crippen molar-refractivity contribution in [2.45, 2.75) is 64.6 Å². The third-order valence-corrected chi connectivity index (χ3v) is 3.35. The van der Waals surface area contributed by atoms with Gasteiger partial charge >= 0.3 is 0 Å². The number of ether oxygens (including phenoxy) is 1. The molecule has 0 radical (unpaired) electrons. The summed E-state index contributed by atoms with van der Waals surface area (Å²) in [4.78, 5) is 11.9. The Labute approximate surface area is 123 Å². The maximum atomic E-state index is 11.9. The second-order valence-electron chi connectivity index (χ2n) is 4.98. The largest absolute Gasteiger partial charge is 0.365 e. The van der Waals surface area contributed by atoms with Crippen LogP contribution in [0.5, 0.6) is 0 Å². The zero-order valence-electron chi connectivity index (χ0n) is 12.2. The highest BCUT2D eigenvalue weighted by molar-refractivity contribution is 5.85. The molecule has 0 aromatic heterocycles. The van der Waals surface area contributed by atoms with Gasteiger partial charge in [-0.25, -0.2) is 0 Å². The summed E-state index contributed by atoms with van der Waals surface area (Å²) in [5, 5.41) is 6.21. The van der Waals surface area contributed by atoms with E-state index in [4.69, 9.17) is 4.74 Å². The van der Waals surface area contributed by atoms with Gasteiger partial charge in [-0.05, 0) is 32.2 Å². The monoisotopic (exact) mass is 292 g/mol. The van der Waals surface area contributed by atoms with Gasteiger partial charge in [-0.3, -0.25) is 4.79 Å². The Kier molecular flexibility index (Phi) is 11.3. The maximum Gasteiger partial charge on any atom is 0.249 e. The van der Waals surface area contributed by atoms with Crippen LogP contribution in [0.2, 0.25) is 0 Å². The SMILES string of the molecule is CCCNCCNC(=O)C(CC)OC1CCCC1.Cl. The first-order valence-corrected chi connectivity index (χ1v) is 7.41. The molecule has 1 aliphatic rings. The number of rotatable bonds is 9. The van der Waals surface area contributed by atoms with Gasteiger partial charge in [-0.2, -0.15) is 0 Å². The van der Waals surface area contributed by atoms with Crippen molar-refractivity contribution in [2.24, 2.45) is 0 Å². The molecule has 1 rings (SSSR count). The molecule has 1 unspecified atom stereocenters. The molecule has 0 bridgehead atoms. The number of carbonyl (C=O) groups excluding carboxylic acids is 1. The molecule has 0 heterocycles. The molecule has 1 saturated carbocycles. The van der Waals surface area contributed by atoms with Gasteiger partial charge in [0, 0.05) is 13.1 Å². The van der Waals surface area contributed by atoms with E-state index < -0.39 is 0 Å². The van der Waals surface area contributed by atoms with Gasteiger partial charge in [0.1, 0.15) is 6.10 Å². The van der Waals surface area contributed by atoms with Gasteiger partial charge in [0.05, 0.1) is 6.10 Å². The van der Waals surface area contributed by atoms with Crippen LogP contribution < -0.4 is 10.6 Å². The first-order chi connectivity index (χ1) is 8.77. The molecule has 1 atom stereocenters. The van der Waals surface area contributed by atoms with E-state index >= 15 is 0 Å². The van der Waals surface area contributed by atoms with Crippen molar-refractivity contribution in [1.82, 2.24) is 10.6 Å². The topological polar surface area (TPSA) is 50.4 Å². The third kappa shape index (κ3) is 7.75. The molecule has 19 heavy (non-hydrogen) atoms. The summed E-state index contributed by atoms with van der Waals surface area (Å²) in [6.45, 7) is 6.66. The molecule has 1 aliphatic carbocycles. The Bertz CT molecular complexity index is 233. The summed E-state index contributed by atoms with van der Waals surface area (Å²) >= 11 is 0. The normalized spacial score (nSPS) is 16.9. The van der Waals surface area contributed by atoms with E-state index in [1.165, 1.54) is 12.8 Å². The molecular formula is C14H29ClN2O2. The number of amides is 1. The first-order valence-electron chi connectivity index (χ1n) is 7.41. The summed E-state index contributed by atoms with van der Waals surface area (Å²) in [5.41, 5.74) is 0. The van der Waals surface area contributed by atoms with Crippen LogP contribution in [0.4, 0.5) is 0 Å². The van der Waals surface area contributed by atoms with Gasteiger partial charge in [0.2, 0.25) is 5.91 Å². The van der Waals surface area contributed by atoms with Crippen molar-refractivity contribution in [2.75, 3.05) is 19.6 Å². The predicted octanol–water partition coefficient (Wildman–Crippen LogP) is 2.26. The summed E-state index contributed by atoms with van der Waals surface area (Å²) in [5.74, 6) is 0.0442. The van der Waals surface area contributed by atoms with E-state index in [-0.39, 0.29) is 24.4 Å². The Morgan fingerprint density at radius 3 is 2.47 bits per heavy atom. The van der Waals surface area contributed by atoms with E-state index in [1.54, 1.807) is 0 Å². The van der Waals surface area contributed by atoms with E-state index in [0.717, 1.165) is 38.8 Å². The van der Waals surface area contributed by atoms with Crippen molar-refractivity contribution >= 4 is 18.3 Å². The van der Waals surface area contributed by atoms with Gasteiger partial charge in [-0.1, -0.05) is 26.7 Å². The molecule has 0 aromatic rings. The smallest absolute Gasteiger partial charge is 0.249 e. The van der Waals surface area contributed by atoms with E-state index in [2.05, 4.69) is 17.6 Å². The summed E-state index contributed by atoms with van der Waals surface area (Å²) in [6.07, 6.45) is 6.62.